The highest BCUT2D eigenvalue weighted by Crippen LogP contribution is 2.22. The van der Waals surface area contributed by atoms with E-state index in [1.54, 1.807) is 6.26 Å². The number of benzene rings is 1. The molecule has 0 spiro atoms. The van der Waals surface area contributed by atoms with Crippen molar-refractivity contribution in [1.82, 2.24) is 31.1 Å². The van der Waals surface area contributed by atoms with Gasteiger partial charge >= 0.3 is 5.97 Å². The van der Waals surface area contributed by atoms with Gasteiger partial charge in [-0.1, -0.05) is 18.6 Å². The normalized spacial score (nSPS) is 18.5. The van der Waals surface area contributed by atoms with Crippen LogP contribution in [0.5, 0.6) is 5.75 Å². The van der Waals surface area contributed by atoms with E-state index in [2.05, 4.69) is 21.3 Å². The van der Waals surface area contributed by atoms with E-state index in [-0.39, 0.29) is 50.3 Å². The van der Waals surface area contributed by atoms with E-state index < -0.39 is 84.2 Å². The van der Waals surface area contributed by atoms with Gasteiger partial charge < -0.3 is 58.5 Å². The second-order valence-corrected chi connectivity index (χ2v) is 15.2. The number of thioether (sulfide) groups is 1. The first kappa shape index (κ1) is 46.4. The fourth-order valence-electron chi connectivity index (χ4n) is 6.84. The number of carboxylic acid groups (broad SMARTS) is 1. The fourth-order valence-corrected chi connectivity index (χ4v) is 7.31. The topological polar surface area (TPSA) is 310 Å². The molecule has 0 radical (unpaired) electrons. The van der Waals surface area contributed by atoms with Gasteiger partial charge in [-0.05, 0) is 87.6 Å². The summed E-state index contributed by atoms with van der Waals surface area (Å²) in [5.41, 5.74) is 17.5. The Hall–Kier alpha value is -4.95. The average molecular weight is 820 g/mol. The number of amides is 7. The van der Waals surface area contributed by atoms with Crippen LogP contribution in [-0.2, 0) is 44.8 Å². The van der Waals surface area contributed by atoms with Gasteiger partial charge in [-0.2, -0.15) is 11.8 Å². The number of carboxylic acids is 1. The van der Waals surface area contributed by atoms with Crippen LogP contribution in [0.3, 0.4) is 0 Å². The molecule has 3 rings (SSSR count). The lowest BCUT2D eigenvalue weighted by Crippen LogP contribution is -2.58. The molecule has 316 valence electrons. The van der Waals surface area contributed by atoms with Crippen LogP contribution in [-0.4, -0.2) is 142 Å². The van der Waals surface area contributed by atoms with Gasteiger partial charge in [-0.25, -0.2) is 4.79 Å². The van der Waals surface area contributed by atoms with E-state index in [1.165, 1.54) is 45.8 Å². The number of nitrogens with two attached hydrogens (primary N) is 3. The maximum Gasteiger partial charge on any atom is 0.326 e. The molecule has 2 fully saturated rings. The van der Waals surface area contributed by atoms with Crippen LogP contribution in [0.4, 0.5) is 0 Å². The monoisotopic (exact) mass is 819 g/mol. The van der Waals surface area contributed by atoms with Crippen LogP contribution in [0, 0.1) is 0 Å². The molecule has 6 atom stereocenters. The van der Waals surface area contributed by atoms with Crippen LogP contribution >= 0.6 is 11.8 Å². The number of carbonyl (C=O) groups excluding carboxylic acids is 7. The molecule has 2 aliphatic heterocycles. The van der Waals surface area contributed by atoms with Crippen LogP contribution in [0.2, 0.25) is 0 Å². The van der Waals surface area contributed by atoms with Crippen molar-refractivity contribution in [1.29, 1.82) is 0 Å². The summed E-state index contributed by atoms with van der Waals surface area (Å²) in [4.78, 5) is 107. The summed E-state index contributed by atoms with van der Waals surface area (Å²) in [6, 6.07) is -0.573. The van der Waals surface area contributed by atoms with Crippen LogP contribution in [0.15, 0.2) is 24.3 Å². The largest absolute Gasteiger partial charge is 0.508 e. The SMILES string of the molecule is CSCC[C@H](NC(=O)[C@@H]1CCCN1C(=O)[C@H](CCC(N)=O)NC(=O)CNC(=O)[C@@H]1CCCN1C(=O)[C@@H](N)CCCCN)C(=O)N[C@@H](Cc1ccc(O)cc1)C(=O)O. The molecule has 2 heterocycles. The zero-order chi connectivity index (χ0) is 42.1. The van der Waals surface area contributed by atoms with E-state index in [1.807, 2.05) is 0 Å². The van der Waals surface area contributed by atoms with Crippen molar-refractivity contribution in [3.63, 3.8) is 0 Å². The number of aromatic hydroxyl groups is 1. The number of phenols is 1. The third kappa shape index (κ3) is 14.5. The molecule has 19 nitrogen and oxygen atoms in total. The second-order valence-electron chi connectivity index (χ2n) is 14.2. The second kappa shape index (κ2) is 23.3. The number of rotatable bonds is 23. The van der Waals surface area contributed by atoms with Gasteiger partial charge in [0.05, 0.1) is 12.6 Å². The Balaban J connectivity index is 1.65. The Kier molecular flexibility index (Phi) is 19.0. The smallest absolute Gasteiger partial charge is 0.326 e. The summed E-state index contributed by atoms with van der Waals surface area (Å²) in [5, 5.41) is 29.6. The van der Waals surface area contributed by atoms with Crippen molar-refractivity contribution in [2.24, 2.45) is 17.2 Å². The Bertz CT molecular complexity index is 1580. The summed E-state index contributed by atoms with van der Waals surface area (Å²) in [7, 11) is 0. The van der Waals surface area contributed by atoms with Gasteiger partial charge in [-0.15, -0.1) is 0 Å². The number of nitrogens with one attached hydrogen (secondary N) is 4. The molecule has 0 bridgehead atoms. The first-order chi connectivity index (χ1) is 27.2. The average Bonchev–Trinajstić information content (AvgIpc) is 3.88. The number of aliphatic carboxylic acids is 1. The van der Waals surface area contributed by atoms with Gasteiger partial charge in [0, 0.05) is 25.9 Å². The molecule has 0 aliphatic carbocycles. The summed E-state index contributed by atoms with van der Waals surface area (Å²) in [6.45, 7) is 0.407. The van der Waals surface area contributed by atoms with E-state index in [4.69, 9.17) is 17.2 Å². The molecule has 1 aromatic rings. The Morgan fingerprint density at radius 3 is 2.05 bits per heavy atom. The molecule has 1 aromatic carbocycles. The number of nitrogens with zero attached hydrogens (tertiary/aromatic N) is 2. The van der Waals surface area contributed by atoms with Crippen molar-refractivity contribution in [2.45, 2.75) is 107 Å². The quantitative estimate of drug-likeness (QED) is 0.0543. The zero-order valence-corrected chi connectivity index (χ0v) is 33.1. The molecule has 2 aliphatic rings. The van der Waals surface area contributed by atoms with Crippen LogP contribution in [0.1, 0.15) is 69.8 Å². The molecule has 57 heavy (non-hydrogen) atoms. The zero-order valence-electron chi connectivity index (χ0n) is 32.3. The fraction of sp³-hybridized carbons (Fsp3) is 0.622. The first-order valence-electron chi connectivity index (χ1n) is 19.2. The van der Waals surface area contributed by atoms with E-state index in [0.29, 0.717) is 62.9 Å². The molecule has 20 heteroatoms. The highest BCUT2D eigenvalue weighted by molar-refractivity contribution is 7.98. The molecule has 2 saturated heterocycles. The van der Waals surface area contributed by atoms with E-state index >= 15 is 0 Å². The summed E-state index contributed by atoms with van der Waals surface area (Å²) >= 11 is 1.41. The molecule has 7 amide bonds. The van der Waals surface area contributed by atoms with Crippen molar-refractivity contribution in [3.05, 3.63) is 29.8 Å². The van der Waals surface area contributed by atoms with Crippen LogP contribution < -0.4 is 38.5 Å². The molecule has 0 unspecified atom stereocenters. The third-order valence-corrected chi connectivity index (χ3v) is 10.6. The van der Waals surface area contributed by atoms with Crippen molar-refractivity contribution < 1.29 is 48.6 Å². The summed E-state index contributed by atoms with van der Waals surface area (Å²) in [5.74, 6) is -5.33. The number of likely N-dealkylation sites (tertiary alicyclic amines) is 2. The molecule has 12 N–H and O–H groups in total. The van der Waals surface area contributed by atoms with E-state index in [9.17, 15) is 48.6 Å². The lowest BCUT2D eigenvalue weighted by atomic mass is 10.0. The summed E-state index contributed by atoms with van der Waals surface area (Å²) in [6.07, 6.45) is 4.82. The van der Waals surface area contributed by atoms with E-state index in [0.717, 1.165) is 0 Å². The van der Waals surface area contributed by atoms with Gasteiger partial charge in [0.15, 0.2) is 0 Å². The molecular formula is C37H57N9O10S. The van der Waals surface area contributed by atoms with Crippen molar-refractivity contribution in [3.8, 4) is 5.75 Å². The highest BCUT2D eigenvalue weighted by atomic mass is 32.2. The maximum absolute atomic E-state index is 13.9. The number of phenolic OH excluding ortho intramolecular Hbond substituents is 1. The van der Waals surface area contributed by atoms with Crippen LogP contribution in [0.25, 0.3) is 0 Å². The van der Waals surface area contributed by atoms with Gasteiger partial charge in [0.1, 0.15) is 36.0 Å². The molecule has 0 aromatic heterocycles. The predicted octanol–water partition coefficient (Wildman–Crippen LogP) is -1.95. The van der Waals surface area contributed by atoms with Crippen molar-refractivity contribution >= 4 is 59.1 Å². The minimum absolute atomic E-state index is 0.00271. The van der Waals surface area contributed by atoms with Gasteiger partial charge in [-0.3, -0.25) is 33.6 Å². The minimum Gasteiger partial charge on any atom is -0.508 e. The molecule has 0 saturated carbocycles. The lowest BCUT2D eigenvalue weighted by Gasteiger charge is -2.30. The first-order valence-corrected chi connectivity index (χ1v) is 20.6. The Labute approximate surface area is 335 Å². The predicted molar refractivity (Wildman–Crippen MR) is 210 cm³/mol. The van der Waals surface area contributed by atoms with Crippen molar-refractivity contribution in [2.75, 3.05) is 38.2 Å². The number of carbonyl (C=O) groups is 8. The number of hydrogen-bond acceptors (Lipinski definition) is 12. The number of unbranched alkanes of at least 4 members (excludes halogenated alkanes) is 1. The highest BCUT2D eigenvalue weighted by Gasteiger charge is 2.40. The van der Waals surface area contributed by atoms with Gasteiger partial charge in [0.2, 0.25) is 41.4 Å². The Morgan fingerprint density at radius 1 is 0.825 bits per heavy atom. The standard InChI is InChI=1S/C37H57N9O10S/c1-57-19-15-25(32(50)44-27(37(55)56)20-22-9-11-23(47)12-10-22)43-34(52)29-8-5-18-46(29)36(54)26(13-14-30(40)48)42-31(49)21-41-33(51)28-7-4-17-45(28)35(53)24(39)6-2-3-16-38/h9-12,24-29,47H,2-8,13-21,38-39H2,1H3,(H2,40,48)(H,41,51)(H,42,49)(H,43,52)(H,44,50)(H,55,56)/t24-,25-,26-,27-,28-,29-/m0/s1. The maximum atomic E-state index is 13.9. The lowest BCUT2D eigenvalue weighted by molar-refractivity contribution is -0.143. The number of primary amides is 1. The minimum atomic E-state index is -1.34. The Morgan fingerprint density at radius 2 is 1.46 bits per heavy atom. The molecular weight excluding hydrogens is 763 g/mol. The third-order valence-electron chi connectivity index (χ3n) is 9.93. The summed E-state index contributed by atoms with van der Waals surface area (Å²) < 4.78 is 0. The number of hydrogen-bond donors (Lipinski definition) is 9. The van der Waals surface area contributed by atoms with Gasteiger partial charge in [0.25, 0.3) is 0 Å².